The van der Waals surface area contributed by atoms with E-state index in [2.05, 4.69) is 58.5 Å². The van der Waals surface area contributed by atoms with E-state index in [4.69, 9.17) is 4.74 Å². The Morgan fingerprint density at radius 3 is 2.45 bits per heavy atom. The molecule has 0 aliphatic carbocycles. The van der Waals surface area contributed by atoms with E-state index in [1.807, 2.05) is 18.2 Å². The van der Waals surface area contributed by atoms with Crippen molar-refractivity contribution in [3.63, 3.8) is 0 Å². The number of nitrogens with one attached hydrogen (secondary N) is 1. The molecule has 0 aromatic heterocycles. The molecule has 1 N–H and O–H groups in total. The van der Waals surface area contributed by atoms with Gasteiger partial charge in [-0.3, -0.25) is 0 Å². The second kappa shape index (κ2) is 7.46. The summed E-state index contributed by atoms with van der Waals surface area (Å²) in [4.78, 5) is 0. The molecule has 0 aliphatic heterocycles. The van der Waals surface area contributed by atoms with Crippen LogP contribution in [0.1, 0.15) is 24.1 Å². The van der Waals surface area contributed by atoms with Crippen molar-refractivity contribution in [3.05, 3.63) is 64.1 Å². The van der Waals surface area contributed by atoms with Crippen LogP contribution in [0.3, 0.4) is 0 Å². The van der Waals surface area contributed by atoms with Gasteiger partial charge in [0.1, 0.15) is 5.75 Å². The molecule has 0 radical (unpaired) electrons. The Kier molecular flexibility index (Phi) is 5.62. The fourth-order valence-electron chi connectivity index (χ4n) is 2.16. The molecule has 0 fully saturated rings. The fourth-order valence-corrected chi connectivity index (χ4v) is 2.79. The molecule has 2 nitrogen and oxygen atoms in total. The molecule has 0 spiro atoms. The molecule has 3 heteroatoms. The van der Waals surface area contributed by atoms with Gasteiger partial charge in [-0.2, -0.15) is 0 Å². The van der Waals surface area contributed by atoms with E-state index in [1.165, 1.54) is 11.1 Å². The maximum Gasteiger partial charge on any atom is 0.118 e. The maximum absolute atomic E-state index is 5.16. The number of hydrogen-bond acceptors (Lipinski definition) is 2. The Hall–Kier alpha value is -1.32. The van der Waals surface area contributed by atoms with Gasteiger partial charge in [0.15, 0.2) is 0 Å². The Labute approximate surface area is 129 Å². The van der Waals surface area contributed by atoms with Gasteiger partial charge in [0, 0.05) is 10.5 Å². The molecule has 2 rings (SSSR count). The van der Waals surface area contributed by atoms with Crippen LogP contribution in [0.2, 0.25) is 0 Å². The van der Waals surface area contributed by atoms with Gasteiger partial charge in [-0.25, -0.2) is 0 Å². The quantitative estimate of drug-likeness (QED) is 0.848. The number of benzene rings is 2. The Bertz CT molecular complexity index is 539. The summed E-state index contributed by atoms with van der Waals surface area (Å²) in [5, 5.41) is 3.56. The smallest absolute Gasteiger partial charge is 0.118 e. The third-order valence-electron chi connectivity index (χ3n) is 3.39. The predicted molar refractivity (Wildman–Crippen MR) is 87.3 cm³/mol. The molecule has 0 unspecified atom stereocenters. The lowest BCUT2D eigenvalue weighted by Crippen LogP contribution is -2.21. The molecule has 1 atom stereocenters. The highest BCUT2D eigenvalue weighted by Crippen LogP contribution is 2.22. The zero-order valence-electron chi connectivity index (χ0n) is 11.9. The average Bonchev–Trinajstić information content (AvgIpc) is 2.48. The van der Waals surface area contributed by atoms with Gasteiger partial charge in [0.2, 0.25) is 0 Å². The minimum Gasteiger partial charge on any atom is -0.497 e. The van der Waals surface area contributed by atoms with Crippen LogP contribution in [0, 0.1) is 0 Å². The first-order chi connectivity index (χ1) is 9.70. The van der Waals surface area contributed by atoms with Gasteiger partial charge < -0.3 is 10.1 Å². The fraction of sp³-hybridized carbons (Fsp3) is 0.294. The summed E-state index contributed by atoms with van der Waals surface area (Å²) >= 11 is 3.60. The standard InChI is InChI=1S/C17H20BrNO/c1-13(16-5-3-4-6-17(16)18)19-12-11-14-7-9-15(20-2)10-8-14/h3-10,13,19H,11-12H2,1-2H3/t13-/m0/s1. The molecule has 0 saturated carbocycles. The van der Waals surface area contributed by atoms with Crippen molar-refractivity contribution >= 4 is 15.9 Å². The lowest BCUT2D eigenvalue weighted by Gasteiger charge is -2.15. The summed E-state index contributed by atoms with van der Waals surface area (Å²) in [5.41, 5.74) is 2.61. The van der Waals surface area contributed by atoms with Gasteiger partial charge in [-0.1, -0.05) is 46.3 Å². The lowest BCUT2D eigenvalue weighted by atomic mass is 10.1. The second-order valence-corrected chi connectivity index (χ2v) is 5.65. The summed E-state index contributed by atoms with van der Waals surface area (Å²) in [6.07, 6.45) is 1.01. The van der Waals surface area contributed by atoms with E-state index in [1.54, 1.807) is 7.11 Å². The van der Waals surface area contributed by atoms with Crippen molar-refractivity contribution in [3.8, 4) is 5.75 Å². The first-order valence-electron chi connectivity index (χ1n) is 6.81. The monoisotopic (exact) mass is 333 g/mol. The molecule has 2 aromatic carbocycles. The summed E-state index contributed by atoms with van der Waals surface area (Å²) in [7, 11) is 1.69. The van der Waals surface area contributed by atoms with E-state index in [9.17, 15) is 0 Å². The zero-order valence-corrected chi connectivity index (χ0v) is 13.5. The molecular weight excluding hydrogens is 314 g/mol. The van der Waals surface area contributed by atoms with Crippen molar-refractivity contribution < 1.29 is 4.74 Å². The third kappa shape index (κ3) is 4.09. The first kappa shape index (κ1) is 15.1. The Balaban J connectivity index is 1.84. The van der Waals surface area contributed by atoms with Crippen LogP contribution in [0.4, 0.5) is 0 Å². The zero-order chi connectivity index (χ0) is 14.4. The van der Waals surface area contributed by atoms with Crippen LogP contribution in [-0.2, 0) is 6.42 Å². The number of hydrogen-bond donors (Lipinski definition) is 1. The van der Waals surface area contributed by atoms with Gasteiger partial charge in [0.05, 0.1) is 7.11 Å². The van der Waals surface area contributed by atoms with Gasteiger partial charge >= 0.3 is 0 Å². The molecule has 0 heterocycles. The minimum absolute atomic E-state index is 0.337. The van der Waals surface area contributed by atoms with Crippen LogP contribution in [0.25, 0.3) is 0 Å². The van der Waals surface area contributed by atoms with Crippen LogP contribution in [0.5, 0.6) is 5.75 Å². The number of methoxy groups -OCH3 is 1. The van der Waals surface area contributed by atoms with Crippen LogP contribution >= 0.6 is 15.9 Å². The summed E-state index contributed by atoms with van der Waals surface area (Å²) in [6, 6.07) is 16.9. The second-order valence-electron chi connectivity index (χ2n) is 4.80. The molecule has 0 bridgehead atoms. The van der Waals surface area contributed by atoms with E-state index in [0.717, 1.165) is 23.2 Å². The van der Waals surface area contributed by atoms with Crippen LogP contribution in [-0.4, -0.2) is 13.7 Å². The highest BCUT2D eigenvalue weighted by Gasteiger charge is 2.07. The average molecular weight is 334 g/mol. The van der Waals surface area contributed by atoms with Crippen molar-refractivity contribution in [2.24, 2.45) is 0 Å². The molecule has 0 saturated heterocycles. The largest absolute Gasteiger partial charge is 0.497 e. The van der Waals surface area contributed by atoms with Crippen molar-refractivity contribution in [2.45, 2.75) is 19.4 Å². The topological polar surface area (TPSA) is 21.3 Å². The highest BCUT2D eigenvalue weighted by molar-refractivity contribution is 9.10. The van der Waals surface area contributed by atoms with Crippen molar-refractivity contribution in [1.82, 2.24) is 5.32 Å². The number of rotatable bonds is 6. The lowest BCUT2D eigenvalue weighted by molar-refractivity contribution is 0.414. The molecule has 2 aromatic rings. The van der Waals surface area contributed by atoms with Crippen molar-refractivity contribution in [2.75, 3.05) is 13.7 Å². The van der Waals surface area contributed by atoms with E-state index >= 15 is 0 Å². The first-order valence-corrected chi connectivity index (χ1v) is 7.60. The van der Waals surface area contributed by atoms with Crippen LogP contribution in [0.15, 0.2) is 53.0 Å². The maximum atomic E-state index is 5.16. The van der Waals surface area contributed by atoms with E-state index in [-0.39, 0.29) is 0 Å². The molecule has 0 aliphatic rings. The van der Waals surface area contributed by atoms with E-state index < -0.39 is 0 Å². The molecule has 0 amide bonds. The Morgan fingerprint density at radius 2 is 1.80 bits per heavy atom. The summed E-state index contributed by atoms with van der Waals surface area (Å²) in [5.74, 6) is 0.906. The third-order valence-corrected chi connectivity index (χ3v) is 4.12. The predicted octanol–water partition coefficient (Wildman–Crippen LogP) is 4.35. The summed E-state index contributed by atoms with van der Waals surface area (Å²) < 4.78 is 6.32. The molecule has 20 heavy (non-hydrogen) atoms. The number of ether oxygens (including phenoxy) is 1. The Morgan fingerprint density at radius 1 is 1.10 bits per heavy atom. The number of halogens is 1. The SMILES string of the molecule is COc1ccc(CCN[C@@H](C)c2ccccc2Br)cc1. The molecular formula is C17H20BrNO. The van der Waals surface area contributed by atoms with Gasteiger partial charge in [0.25, 0.3) is 0 Å². The molecule has 106 valence electrons. The van der Waals surface area contributed by atoms with E-state index in [0.29, 0.717) is 6.04 Å². The van der Waals surface area contributed by atoms with Gasteiger partial charge in [-0.15, -0.1) is 0 Å². The summed E-state index contributed by atoms with van der Waals surface area (Å²) in [6.45, 7) is 3.14. The van der Waals surface area contributed by atoms with Crippen LogP contribution < -0.4 is 10.1 Å². The normalized spacial score (nSPS) is 12.2. The highest BCUT2D eigenvalue weighted by atomic mass is 79.9. The van der Waals surface area contributed by atoms with Crippen molar-refractivity contribution in [1.29, 1.82) is 0 Å². The minimum atomic E-state index is 0.337. The van der Waals surface area contributed by atoms with Gasteiger partial charge in [-0.05, 0) is 49.2 Å².